The summed E-state index contributed by atoms with van der Waals surface area (Å²) in [5.41, 5.74) is 0.0170. The van der Waals surface area contributed by atoms with Gasteiger partial charge in [-0.1, -0.05) is 23.2 Å². The molecule has 1 unspecified atom stereocenters. The van der Waals surface area contributed by atoms with Crippen molar-refractivity contribution < 1.29 is 29.0 Å². The molecule has 1 atom stereocenters. The fraction of sp³-hybridized carbons (Fsp3) is 0.182. The van der Waals surface area contributed by atoms with Crippen molar-refractivity contribution in [2.24, 2.45) is 0 Å². The lowest BCUT2D eigenvalue weighted by Crippen LogP contribution is -2.44. The Morgan fingerprint density at radius 1 is 1.19 bits per heavy atom. The second-order valence-corrected chi connectivity index (χ2v) is 4.66. The normalized spacial score (nSPS) is 11.6. The van der Waals surface area contributed by atoms with E-state index in [9.17, 15) is 18.8 Å². The molecular formula is C11H9Cl2FN2O5. The first-order valence-corrected chi connectivity index (χ1v) is 6.13. The Bertz CT molecular complexity index is 573. The molecule has 0 saturated heterocycles. The number of carboxylic acid groups (broad SMARTS) is 2. The molecule has 0 fully saturated rings. The summed E-state index contributed by atoms with van der Waals surface area (Å²) >= 11 is 11.0. The van der Waals surface area contributed by atoms with Gasteiger partial charge in [0.1, 0.15) is 6.04 Å². The second-order valence-electron chi connectivity index (χ2n) is 3.84. The molecule has 1 aromatic carbocycles. The minimum Gasteiger partial charge on any atom is -0.481 e. The van der Waals surface area contributed by atoms with Crippen LogP contribution in [0.25, 0.3) is 0 Å². The van der Waals surface area contributed by atoms with E-state index in [1.54, 1.807) is 0 Å². The first-order valence-electron chi connectivity index (χ1n) is 5.37. The third-order valence-corrected chi connectivity index (χ3v) is 2.77. The molecular weight excluding hydrogens is 330 g/mol. The van der Waals surface area contributed by atoms with Gasteiger partial charge in [0.2, 0.25) is 0 Å². The number of urea groups is 1. The van der Waals surface area contributed by atoms with Crippen LogP contribution in [-0.4, -0.2) is 34.2 Å². The highest BCUT2D eigenvalue weighted by molar-refractivity contribution is 6.35. The van der Waals surface area contributed by atoms with Crippen molar-refractivity contribution >= 4 is 46.9 Å². The number of carboxylic acids is 2. The summed E-state index contributed by atoms with van der Waals surface area (Å²) in [7, 11) is 0. The van der Waals surface area contributed by atoms with Crippen molar-refractivity contribution in [1.82, 2.24) is 5.32 Å². The highest BCUT2D eigenvalue weighted by Gasteiger charge is 2.23. The van der Waals surface area contributed by atoms with Crippen molar-refractivity contribution in [2.45, 2.75) is 12.5 Å². The van der Waals surface area contributed by atoms with Crippen LogP contribution in [-0.2, 0) is 9.59 Å². The number of anilines is 1. The van der Waals surface area contributed by atoms with E-state index in [4.69, 9.17) is 33.4 Å². The van der Waals surface area contributed by atoms with Crippen molar-refractivity contribution in [3.63, 3.8) is 0 Å². The third kappa shape index (κ3) is 5.09. The Kier molecular flexibility index (Phi) is 5.74. The summed E-state index contributed by atoms with van der Waals surface area (Å²) in [5, 5.41) is 20.7. The molecule has 0 aromatic heterocycles. The number of benzene rings is 1. The smallest absolute Gasteiger partial charge is 0.326 e. The van der Waals surface area contributed by atoms with E-state index >= 15 is 0 Å². The van der Waals surface area contributed by atoms with E-state index in [1.807, 2.05) is 5.32 Å². The van der Waals surface area contributed by atoms with Gasteiger partial charge in [-0.2, -0.15) is 0 Å². The average Bonchev–Trinajstić information content (AvgIpc) is 2.34. The van der Waals surface area contributed by atoms with Gasteiger partial charge in [-0.25, -0.2) is 14.0 Å². The Labute approximate surface area is 127 Å². The van der Waals surface area contributed by atoms with Gasteiger partial charge in [0.25, 0.3) is 0 Å². The molecule has 114 valence electrons. The first-order chi connectivity index (χ1) is 9.70. The zero-order valence-electron chi connectivity index (χ0n) is 10.2. The first kappa shape index (κ1) is 17.0. The fourth-order valence-corrected chi connectivity index (χ4v) is 1.81. The molecule has 0 spiro atoms. The summed E-state index contributed by atoms with van der Waals surface area (Å²) < 4.78 is 13.2. The molecule has 4 N–H and O–H groups in total. The van der Waals surface area contributed by atoms with Crippen LogP contribution >= 0.6 is 23.2 Å². The van der Waals surface area contributed by atoms with Crippen molar-refractivity contribution in [2.75, 3.05) is 5.32 Å². The van der Waals surface area contributed by atoms with Gasteiger partial charge in [0.05, 0.1) is 16.5 Å². The maximum Gasteiger partial charge on any atom is 0.326 e. The number of hydrogen-bond acceptors (Lipinski definition) is 3. The Morgan fingerprint density at radius 3 is 2.14 bits per heavy atom. The van der Waals surface area contributed by atoms with Crippen LogP contribution in [0.4, 0.5) is 14.9 Å². The summed E-state index contributed by atoms with van der Waals surface area (Å²) in [6.45, 7) is 0. The number of hydrogen-bond donors (Lipinski definition) is 4. The molecule has 0 aliphatic carbocycles. The molecule has 0 heterocycles. The van der Waals surface area contributed by atoms with Gasteiger partial charge in [-0.15, -0.1) is 0 Å². The number of nitrogens with one attached hydrogen (secondary N) is 2. The van der Waals surface area contributed by atoms with Crippen LogP contribution in [0.2, 0.25) is 10.0 Å². The molecule has 2 amide bonds. The van der Waals surface area contributed by atoms with E-state index < -0.39 is 36.2 Å². The van der Waals surface area contributed by atoms with Crippen LogP contribution in [0.1, 0.15) is 6.42 Å². The Balaban J connectivity index is 2.76. The lowest BCUT2D eigenvalue weighted by atomic mass is 10.2. The van der Waals surface area contributed by atoms with Crippen LogP contribution in [0.15, 0.2) is 12.1 Å². The molecule has 0 radical (unpaired) electrons. The van der Waals surface area contributed by atoms with E-state index in [1.165, 1.54) is 0 Å². The Hall–Kier alpha value is -2.06. The van der Waals surface area contributed by atoms with Crippen molar-refractivity contribution in [1.29, 1.82) is 0 Å². The van der Waals surface area contributed by atoms with Gasteiger partial charge in [0, 0.05) is 5.69 Å². The highest BCUT2D eigenvalue weighted by atomic mass is 35.5. The minimum atomic E-state index is -1.62. The predicted molar refractivity (Wildman–Crippen MR) is 72.3 cm³/mol. The zero-order valence-corrected chi connectivity index (χ0v) is 11.7. The van der Waals surface area contributed by atoms with Crippen LogP contribution in [0.5, 0.6) is 0 Å². The standard InChI is InChI=1S/C11H9Cl2FN2O5/c12-5-1-4(2-6(13)9(5)14)15-11(21)16-7(10(19)20)3-8(17)18/h1-2,7H,3H2,(H,17,18)(H,19,20)(H2,15,16,21). The summed E-state index contributed by atoms with van der Waals surface area (Å²) in [4.78, 5) is 32.8. The SMILES string of the molecule is O=C(O)CC(NC(=O)Nc1cc(Cl)c(F)c(Cl)c1)C(=O)O. The molecule has 10 heteroatoms. The lowest BCUT2D eigenvalue weighted by Gasteiger charge is -2.13. The third-order valence-electron chi connectivity index (χ3n) is 2.22. The lowest BCUT2D eigenvalue weighted by molar-refractivity contribution is -0.145. The predicted octanol–water partition coefficient (Wildman–Crippen LogP) is 2.18. The van der Waals surface area contributed by atoms with Crippen molar-refractivity contribution in [3.8, 4) is 0 Å². The fourth-order valence-electron chi connectivity index (χ4n) is 1.33. The zero-order chi connectivity index (χ0) is 16.2. The molecule has 1 rings (SSSR count). The molecule has 1 aromatic rings. The minimum absolute atomic E-state index is 0.0170. The van der Waals surface area contributed by atoms with E-state index in [0.29, 0.717) is 0 Å². The number of aliphatic carboxylic acids is 2. The Morgan fingerprint density at radius 2 is 1.71 bits per heavy atom. The van der Waals surface area contributed by atoms with Crippen LogP contribution in [0, 0.1) is 5.82 Å². The van der Waals surface area contributed by atoms with E-state index in [0.717, 1.165) is 12.1 Å². The monoisotopic (exact) mass is 338 g/mol. The van der Waals surface area contributed by atoms with Gasteiger partial charge in [0.15, 0.2) is 5.82 Å². The summed E-state index contributed by atoms with van der Waals surface area (Å²) in [6.07, 6.45) is -0.798. The molecule has 0 bridgehead atoms. The maximum atomic E-state index is 13.2. The second kappa shape index (κ2) is 7.09. The van der Waals surface area contributed by atoms with Crippen LogP contribution in [0.3, 0.4) is 0 Å². The number of rotatable bonds is 5. The number of carbonyl (C=O) groups is 3. The number of halogens is 3. The van der Waals surface area contributed by atoms with Gasteiger partial charge >= 0.3 is 18.0 Å². The molecule has 21 heavy (non-hydrogen) atoms. The molecule has 0 aliphatic heterocycles. The summed E-state index contributed by atoms with van der Waals surface area (Å²) in [6, 6.07) is -0.485. The largest absolute Gasteiger partial charge is 0.481 e. The van der Waals surface area contributed by atoms with E-state index in [-0.39, 0.29) is 15.7 Å². The van der Waals surface area contributed by atoms with Crippen LogP contribution < -0.4 is 10.6 Å². The van der Waals surface area contributed by atoms with Gasteiger partial charge < -0.3 is 20.8 Å². The molecule has 7 nitrogen and oxygen atoms in total. The molecule has 0 aliphatic rings. The topological polar surface area (TPSA) is 116 Å². The maximum absolute atomic E-state index is 13.2. The number of carbonyl (C=O) groups excluding carboxylic acids is 1. The van der Waals surface area contributed by atoms with Crippen molar-refractivity contribution in [3.05, 3.63) is 28.0 Å². The van der Waals surface area contributed by atoms with E-state index in [2.05, 4.69) is 5.32 Å². The number of amides is 2. The van der Waals surface area contributed by atoms with Gasteiger partial charge in [-0.3, -0.25) is 4.79 Å². The molecule has 0 saturated carbocycles. The average molecular weight is 339 g/mol. The highest BCUT2D eigenvalue weighted by Crippen LogP contribution is 2.27. The van der Waals surface area contributed by atoms with Gasteiger partial charge in [-0.05, 0) is 12.1 Å². The summed E-state index contributed by atoms with van der Waals surface area (Å²) in [5.74, 6) is -3.77. The quantitative estimate of drug-likeness (QED) is 0.614.